The van der Waals surface area contributed by atoms with Gasteiger partial charge in [0, 0.05) is 12.2 Å². The van der Waals surface area contributed by atoms with E-state index in [1.807, 2.05) is 0 Å². The van der Waals surface area contributed by atoms with Gasteiger partial charge in [0.1, 0.15) is 10.8 Å². The fourth-order valence-electron chi connectivity index (χ4n) is 2.75. The highest BCUT2D eigenvalue weighted by atomic mass is 32.1. The number of aromatic nitrogens is 2. The molecule has 2 heterocycles. The molecule has 0 radical (unpaired) electrons. The Bertz CT molecular complexity index is 673. The molecule has 1 fully saturated rings. The van der Waals surface area contributed by atoms with Crippen LogP contribution in [0, 0.1) is 11.7 Å². The van der Waals surface area contributed by atoms with Crippen molar-refractivity contribution in [1.29, 1.82) is 0 Å². The third-order valence-corrected chi connectivity index (χ3v) is 4.77. The van der Waals surface area contributed by atoms with Crippen molar-refractivity contribution in [2.75, 3.05) is 18.4 Å². The van der Waals surface area contributed by atoms with E-state index in [9.17, 15) is 9.18 Å². The SMILES string of the molecule is CC1CCCN(Cc2nnc(C(=O)Nc3ccc(F)cc3)s2)C1. The number of nitrogens with zero attached hydrogens (tertiary/aromatic N) is 3. The molecule has 1 N–H and O–H groups in total. The van der Waals surface area contributed by atoms with E-state index >= 15 is 0 Å². The summed E-state index contributed by atoms with van der Waals surface area (Å²) in [7, 11) is 0. The first-order valence-electron chi connectivity index (χ1n) is 7.72. The number of carbonyl (C=O) groups excluding carboxylic acids is 1. The molecule has 0 spiro atoms. The van der Waals surface area contributed by atoms with Crippen molar-refractivity contribution in [2.24, 2.45) is 5.92 Å². The van der Waals surface area contributed by atoms with Crippen molar-refractivity contribution < 1.29 is 9.18 Å². The molecule has 122 valence electrons. The van der Waals surface area contributed by atoms with Gasteiger partial charge < -0.3 is 5.32 Å². The summed E-state index contributed by atoms with van der Waals surface area (Å²) in [6, 6.07) is 5.64. The number of benzene rings is 1. The van der Waals surface area contributed by atoms with Crippen LogP contribution in [-0.2, 0) is 6.54 Å². The third kappa shape index (κ3) is 4.33. The van der Waals surface area contributed by atoms with Crippen molar-refractivity contribution in [3.8, 4) is 0 Å². The van der Waals surface area contributed by atoms with Gasteiger partial charge >= 0.3 is 0 Å². The summed E-state index contributed by atoms with van der Waals surface area (Å²) in [5, 5.41) is 12.0. The Morgan fingerprint density at radius 1 is 1.39 bits per heavy atom. The number of nitrogens with one attached hydrogen (secondary N) is 1. The number of amides is 1. The maximum atomic E-state index is 12.9. The summed E-state index contributed by atoms with van der Waals surface area (Å²) in [6.07, 6.45) is 2.48. The Morgan fingerprint density at radius 2 is 2.17 bits per heavy atom. The smallest absolute Gasteiger partial charge is 0.286 e. The van der Waals surface area contributed by atoms with Gasteiger partial charge in [-0.05, 0) is 49.6 Å². The third-order valence-electron chi connectivity index (χ3n) is 3.86. The summed E-state index contributed by atoms with van der Waals surface area (Å²) in [5.74, 6) is 0.0576. The van der Waals surface area contributed by atoms with Crippen LogP contribution in [-0.4, -0.2) is 34.1 Å². The second-order valence-electron chi connectivity index (χ2n) is 5.94. The number of rotatable bonds is 4. The van der Waals surface area contributed by atoms with Crippen LogP contribution >= 0.6 is 11.3 Å². The molecule has 1 aliphatic rings. The quantitative estimate of drug-likeness (QED) is 0.933. The lowest BCUT2D eigenvalue weighted by atomic mass is 10.0. The van der Waals surface area contributed by atoms with Crippen molar-refractivity contribution in [1.82, 2.24) is 15.1 Å². The van der Waals surface area contributed by atoms with Crippen molar-refractivity contribution in [3.05, 3.63) is 40.1 Å². The molecule has 1 aromatic carbocycles. The van der Waals surface area contributed by atoms with Crippen LogP contribution in [0.25, 0.3) is 0 Å². The van der Waals surface area contributed by atoms with Crippen LogP contribution in [0.4, 0.5) is 10.1 Å². The second-order valence-corrected chi connectivity index (χ2v) is 7.01. The largest absolute Gasteiger partial charge is 0.320 e. The molecule has 7 heteroatoms. The summed E-state index contributed by atoms with van der Waals surface area (Å²) >= 11 is 1.31. The normalized spacial score (nSPS) is 18.8. The van der Waals surface area contributed by atoms with Crippen molar-refractivity contribution in [3.63, 3.8) is 0 Å². The van der Waals surface area contributed by atoms with Crippen molar-refractivity contribution in [2.45, 2.75) is 26.3 Å². The zero-order valence-corrected chi connectivity index (χ0v) is 13.8. The fourth-order valence-corrected chi connectivity index (χ4v) is 3.53. The Kier molecular flexibility index (Phi) is 4.97. The van der Waals surface area contributed by atoms with Crippen LogP contribution in [0.3, 0.4) is 0 Å². The minimum absolute atomic E-state index is 0.313. The maximum Gasteiger partial charge on any atom is 0.286 e. The van der Waals surface area contributed by atoms with Gasteiger partial charge in [-0.25, -0.2) is 4.39 Å². The molecular weight excluding hydrogens is 315 g/mol. The van der Waals surface area contributed by atoms with Crippen LogP contribution in [0.2, 0.25) is 0 Å². The monoisotopic (exact) mass is 334 g/mol. The fraction of sp³-hybridized carbons (Fsp3) is 0.438. The Labute approximate surface area is 138 Å². The van der Waals surface area contributed by atoms with Gasteiger partial charge in [0.2, 0.25) is 5.01 Å². The van der Waals surface area contributed by atoms with Crippen LogP contribution in [0.15, 0.2) is 24.3 Å². The van der Waals surface area contributed by atoms with Crippen molar-refractivity contribution >= 4 is 22.9 Å². The average molecular weight is 334 g/mol. The van der Waals surface area contributed by atoms with E-state index in [0.717, 1.165) is 24.6 Å². The zero-order chi connectivity index (χ0) is 16.2. The first kappa shape index (κ1) is 16.0. The van der Waals surface area contributed by atoms with E-state index in [0.29, 0.717) is 16.6 Å². The molecule has 1 atom stereocenters. The van der Waals surface area contributed by atoms with Gasteiger partial charge in [0.05, 0.1) is 6.54 Å². The minimum Gasteiger partial charge on any atom is -0.320 e. The molecule has 3 rings (SSSR count). The van der Waals surface area contributed by atoms with E-state index in [1.165, 1.54) is 48.4 Å². The lowest BCUT2D eigenvalue weighted by Crippen LogP contribution is -2.33. The number of hydrogen-bond acceptors (Lipinski definition) is 5. The number of hydrogen-bond donors (Lipinski definition) is 1. The van der Waals surface area contributed by atoms with E-state index in [4.69, 9.17) is 0 Å². The molecular formula is C16H19FN4OS. The van der Waals surface area contributed by atoms with Crippen LogP contribution < -0.4 is 5.32 Å². The molecule has 5 nitrogen and oxygen atoms in total. The van der Waals surface area contributed by atoms with E-state index < -0.39 is 0 Å². The van der Waals surface area contributed by atoms with Crippen LogP contribution in [0.1, 0.15) is 34.6 Å². The molecule has 23 heavy (non-hydrogen) atoms. The molecule has 0 aliphatic carbocycles. The standard InChI is InChI=1S/C16H19FN4OS/c1-11-3-2-8-21(9-11)10-14-19-20-16(23-14)15(22)18-13-6-4-12(17)5-7-13/h4-7,11H,2-3,8-10H2,1H3,(H,18,22). The molecule has 2 aromatic rings. The van der Waals surface area contributed by atoms with E-state index in [2.05, 4.69) is 27.3 Å². The Balaban J connectivity index is 1.59. The molecule has 1 amide bonds. The average Bonchev–Trinajstić information content (AvgIpc) is 2.98. The van der Waals surface area contributed by atoms with Gasteiger partial charge in [-0.1, -0.05) is 18.3 Å². The lowest BCUT2D eigenvalue weighted by Gasteiger charge is -2.29. The molecule has 0 saturated carbocycles. The predicted octanol–water partition coefficient (Wildman–Crippen LogP) is 3.16. The number of anilines is 1. The summed E-state index contributed by atoms with van der Waals surface area (Å²) in [6.45, 7) is 5.14. The number of piperidine rings is 1. The molecule has 0 bridgehead atoms. The van der Waals surface area contributed by atoms with Crippen LogP contribution in [0.5, 0.6) is 0 Å². The molecule has 1 aliphatic heterocycles. The van der Waals surface area contributed by atoms with Gasteiger partial charge in [0.25, 0.3) is 5.91 Å². The Morgan fingerprint density at radius 3 is 2.91 bits per heavy atom. The Hall–Kier alpha value is -1.86. The van der Waals surface area contributed by atoms with E-state index in [-0.39, 0.29) is 11.7 Å². The van der Waals surface area contributed by atoms with E-state index in [1.54, 1.807) is 0 Å². The maximum absolute atomic E-state index is 12.9. The van der Waals surface area contributed by atoms with Gasteiger partial charge in [0.15, 0.2) is 0 Å². The minimum atomic E-state index is -0.336. The topological polar surface area (TPSA) is 58.1 Å². The second kappa shape index (κ2) is 7.14. The first-order chi connectivity index (χ1) is 11.1. The molecule has 1 unspecified atom stereocenters. The summed E-state index contributed by atoms with van der Waals surface area (Å²) < 4.78 is 12.9. The summed E-state index contributed by atoms with van der Waals surface area (Å²) in [5.41, 5.74) is 0.540. The summed E-state index contributed by atoms with van der Waals surface area (Å²) in [4.78, 5) is 14.5. The number of halogens is 1. The first-order valence-corrected chi connectivity index (χ1v) is 8.53. The number of carbonyl (C=O) groups is 1. The zero-order valence-electron chi connectivity index (χ0n) is 13.0. The lowest BCUT2D eigenvalue weighted by molar-refractivity contribution is 0.102. The highest BCUT2D eigenvalue weighted by molar-refractivity contribution is 7.13. The highest BCUT2D eigenvalue weighted by Crippen LogP contribution is 2.20. The predicted molar refractivity (Wildman–Crippen MR) is 87.9 cm³/mol. The van der Waals surface area contributed by atoms with Gasteiger partial charge in [-0.2, -0.15) is 0 Å². The van der Waals surface area contributed by atoms with Gasteiger partial charge in [-0.15, -0.1) is 10.2 Å². The molecule has 1 aromatic heterocycles. The number of likely N-dealkylation sites (tertiary alicyclic amines) is 1. The molecule has 1 saturated heterocycles. The van der Waals surface area contributed by atoms with Gasteiger partial charge in [-0.3, -0.25) is 9.69 Å². The highest BCUT2D eigenvalue weighted by Gasteiger charge is 2.19.